The minimum atomic E-state index is -0.910. The number of likely N-dealkylation sites (tertiary alicyclic amines) is 1. The van der Waals surface area contributed by atoms with Crippen LogP contribution in [0.4, 0.5) is 11.4 Å². The Bertz CT molecular complexity index is 1150. The lowest BCUT2D eigenvalue weighted by Crippen LogP contribution is -2.53. The van der Waals surface area contributed by atoms with Crippen molar-refractivity contribution in [3.63, 3.8) is 0 Å². The zero-order valence-corrected chi connectivity index (χ0v) is 23.2. The highest BCUT2D eigenvalue weighted by molar-refractivity contribution is 8.02. The maximum atomic E-state index is 14.4. The summed E-state index contributed by atoms with van der Waals surface area (Å²) in [7, 11) is 0. The minimum absolute atomic E-state index is 0.0895. The van der Waals surface area contributed by atoms with Crippen LogP contribution in [0.15, 0.2) is 48.6 Å². The van der Waals surface area contributed by atoms with Gasteiger partial charge in [-0.15, -0.1) is 11.8 Å². The Morgan fingerprint density at radius 1 is 1.05 bits per heavy atom. The Kier molecular flexibility index (Phi) is 7.35. The smallest absolute Gasteiger partial charge is 0.311 e. The van der Waals surface area contributed by atoms with Crippen LogP contribution in [0.5, 0.6) is 0 Å². The molecule has 1 spiro atoms. The number of ether oxygens (including phenoxy) is 1. The summed E-state index contributed by atoms with van der Waals surface area (Å²) in [6.07, 6.45) is 9.00. The number of aliphatic hydroxyl groups excluding tert-OH is 1. The van der Waals surface area contributed by atoms with E-state index < -0.39 is 27.4 Å². The Morgan fingerprint density at radius 2 is 1.79 bits per heavy atom. The first-order chi connectivity index (χ1) is 18.3. The predicted molar refractivity (Wildman–Crippen MR) is 149 cm³/mol. The molecule has 8 nitrogen and oxygen atoms in total. The van der Waals surface area contributed by atoms with Gasteiger partial charge in [0.1, 0.15) is 6.04 Å². The first-order valence-corrected chi connectivity index (χ1v) is 14.4. The number of aliphatic hydroxyl groups is 1. The summed E-state index contributed by atoms with van der Waals surface area (Å²) in [5, 5.41) is 9.57. The second kappa shape index (κ2) is 10.4. The lowest BCUT2D eigenvalue weighted by atomic mass is 9.74. The zero-order chi connectivity index (χ0) is 27.1. The van der Waals surface area contributed by atoms with Gasteiger partial charge in [0.05, 0.1) is 23.2 Å². The van der Waals surface area contributed by atoms with Crippen molar-refractivity contribution in [3.05, 3.63) is 48.6 Å². The average Bonchev–Trinajstić information content (AvgIpc) is 3.22. The molecule has 0 aliphatic carbocycles. The normalized spacial score (nSPS) is 32.3. The zero-order valence-electron chi connectivity index (χ0n) is 22.3. The van der Waals surface area contributed by atoms with E-state index in [0.717, 1.165) is 24.5 Å². The molecule has 4 aliphatic rings. The number of hydrogen-bond donors (Lipinski definition) is 1. The number of fused-ring (bicyclic) bond motifs is 2. The molecule has 1 N–H and O–H groups in total. The number of anilines is 2. The van der Waals surface area contributed by atoms with Gasteiger partial charge in [0, 0.05) is 48.9 Å². The van der Waals surface area contributed by atoms with Crippen molar-refractivity contribution in [2.24, 2.45) is 11.8 Å². The van der Waals surface area contributed by atoms with E-state index in [2.05, 4.69) is 18.7 Å². The van der Waals surface area contributed by atoms with Crippen LogP contribution >= 0.6 is 11.8 Å². The average molecular weight is 540 g/mol. The van der Waals surface area contributed by atoms with Gasteiger partial charge in [-0.25, -0.2) is 0 Å². The van der Waals surface area contributed by atoms with Crippen LogP contribution in [0, 0.1) is 11.8 Å². The molecule has 1 aromatic carbocycles. The summed E-state index contributed by atoms with van der Waals surface area (Å²) in [5.41, 5.74) is 1.86. The SMILES string of the molecule is CCN(CC)c1ccc(N2CC=C[C@]34S[C@@]5(C)C=CCCOC(=O)[C@H]5[C@H]3C(=O)N(CCCO)C4C2=O)cc1. The van der Waals surface area contributed by atoms with Crippen molar-refractivity contribution in [1.82, 2.24) is 4.90 Å². The second-order valence-corrected chi connectivity index (χ2v) is 12.3. The van der Waals surface area contributed by atoms with Crippen LogP contribution < -0.4 is 9.80 Å². The highest BCUT2D eigenvalue weighted by Gasteiger charge is 2.73. The fourth-order valence-corrected chi connectivity index (χ4v) is 8.79. The minimum Gasteiger partial charge on any atom is -0.465 e. The Morgan fingerprint density at radius 3 is 2.47 bits per heavy atom. The molecule has 0 aromatic heterocycles. The van der Waals surface area contributed by atoms with E-state index >= 15 is 0 Å². The molecule has 4 aliphatic heterocycles. The molecule has 204 valence electrons. The van der Waals surface area contributed by atoms with Crippen LogP contribution in [-0.4, -0.2) is 82.7 Å². The van der Waals surface area contributed by atoms with Crippen molar-refractivity contribution in [2.75, 3.05) is 49.2 Å². The van der Waals surface area contributed by atoms with Crippen molar-refractivity contribution in [3.8, 4) is 0 Å². The van der Waals surface area contributed by atoms with E-state index in [1.807, 2.05) is 55.5 Å². The summed E-state index contributed by atoms with van der Waals surface area (Å²) in [4.78, 5) is 47.4. The molecular formula is C29H37N3O5S. The molecule has 38 heavy (non-hydrogen) atoms. The van der Waals surface area contributed by atoms with E-state index in [4.69, 9.17) is 4.74 Å². The molecule has 4 heterocycles. The molecular weight excluding hydrogens is 502 g/mol. The Labute approximate surface area is 228 Å². The molecule has 0 bridgehead atoms. The van der Waals surface area contributed by atoms with Crippen LogP contribution in [0.25, 0.3) is 0 Å². The van der Waals surface area contributed by atoms with E-state index in [1.165, 1.54) is 11.8 Å². The molecule has 0 radical (unpaired) electrons. The largest absolute Gasteiger partial charge is 0.465 e. The van der Waals surface area contributed by atoms with Gasteiger partial charge in [-0.3, -0.25) is 14.4 Å². The summed E-state index contributed by atoms with van der Waals surface area (Å²) < 4.78 is 3.98. The number of esters is 1. The van der Waals surface area contributed by atoms with Crippen molar-refractivity contribution >= 4 is 40.9 Å². The summed E-state index contributed by atoms with van der Waals surface area (Å²) >= 11 is 1.54. The lowest BCUT2D eigenvalue weighted by molar-refractivity contribution is -0.154. The maximum Gasteiger partial charge on any atom is 0.311 e. The Balaban J connectivity index is 1.57. The number of carbonyl (C=O) groups excluding carboxylic acids is 3. The van der Waals surface area contributed by atoms with Gasteiger partial charge in [0.2, 0.25) is 5.91 Å². The van der Waals surface area contributed by atoms with E-state index in [-0.39, 0.29) is 37.5 Å². The molecule has 1 unspecified atom stereocenters. The molecule has 0 saturated carbocycles. The van der Waals surface area contributed by atoms with Crippen molar-refractivity contribution in [2.45, 2.75) is 49.1 Å². The quantitative estimate of drug-likeness (QED) is 0.421. The molecule has 2 saturated heterocycles. The molecule has 9 heteroatoms. The van der Waals surface area contributed by atoms with Crippen LogP contribution in [-0.2, 0) is 19.1 Å². The third-order valence-electron chi connectivity index (χ3n) is 8.37. The van der Waals surface area contributed by atoms with Gasteiger partial charge < -0.3 is 24.5 Å². The van der Waals surface area contributed by atoms with Gasteiger partial charge in [0.15, 0.2) is 0 Å². The molecule has 5 atom stereocenters. The summed E-state index contributed by atoms with van der Waals surface area (Å²) in [5.74, 6) is -2.18. The third-order valence-corrected chi connectivity index (χ3v) is 10.2. The summed E-state index contributed by atoms with van der Waals surface area (Å²) in [6.45, 7) is 8.81. The highest BCUT2D eigenvalue weighted by atomic mass is 32.2. The van der Waals surface area contributed by atoms with Crippen molar-refractivity contribution < 1.29 is 24.2 Å². The monoisotopic (exact) mass is 539 g/mol. The van der Waals surface area contributed by atoms with Crippen LogP contribution in [0.2, 0.25) is 0 Å². The summed E-state index contributed by atoms with van der Waals surface area (Å²) in [6, 6.07) is 7.19. The number of thioether (sulfide) groups is 1. The van der Waals surface area contributed by atoms with Gasteiger partial charge >= 0.3 is 5.97 Å². The molecule has 2 fully saturated rings. The number of nitrogens with zero attached hydrogens (tertiary/aromatic N) is 3. The number of carbonyl (C=O) groups is 3. The standard InChI is InChI=1S/C29H37N3O5S/c1-4-30(5-2)20-10-12-21(13-11-20)31-16-8-15-29-22(25(34)32(17-9-18-33)24(29)26(31)35)23-27(36)37-19-7-6-14-28(23,3)38-29/h6,8,10-15,22-24,33H,4-5,7,9,16-19H2,1-3H3/t22-,23+,24?,28-,29-/m0/s1. The van der Waals surface area contributed by atoms with E-state index in [0.29, 0.717) is 19.4 Å². The topological polar surface area (TPSA) is 90.4 Å². The second-order valence-electron chi connectivity index (χ2n) is 10.5. The number of benzene rings is 1. The number of cyclic esters (lactones) is 1. The van der Waals surface area contributed by atoms with Gasteiger partial charge in [-0.1, -0.05) is 24.3 Å². The molecule has 2 amide bonds. The van der Waals surface area contributed by atoms with E-state index in [1.54, 1.807) is 9.80 Å². The van der Waals surface area contributed by atoms with Gasteiger partial charge in [-0.2, -0.15) is 0 Å². The highest BCUT2D eigenvalue weighted by Crippen LogP contribution is 2.65. The third kappa shape index (κ3) is 4.14. The van der Waals surface area contributed by atoms with Gasteiger partial charge in [-0.05, 0) is 57.9 Å². The van der Waals surface area contributed by atoms with Gasteiger partial charge in [0.25, 0.3) is 5.91 Å². The van der Waals surface area contributed by atoms with E-state index in [9.17, 15) is 19.5 Å². The van der Waals surface area contributed by atoms with Crippen LogP contribution in [0.1, 0.15) is 33.6 Å². The molecule has 1 aromatic rings. The number of amides is 2. The lowest BCUT2D eigenvalue weighted by Gasteiger charge is -2.37. The Hall–Kier alpha value is -2.78. The maximum absolute atomic E-state index is 14.4. The number of hydrogen-bond acceptors (Lipinski definition) is 7. The molecule has 5 rings (SSSR count). The fourth-order valence-electron chi connectivity index (χ4n) is 6.63. The first kappa shape index (κ1) is 26.8. The first-order valence-electron chi connectivity index (χ1n) is 13.6. The number of rotatable bonds is 7. The predicted octanol–water partition coefficient (Wildman–Crippen LogP) is 3.01. The fraction of sp³-hybridized carbons (Fsp3) is 0.552. The van der Waals surface area contributed by atoms with Crippen LogP contribution in [0.3, 0.4) is 0 Å². The van der Waals surface area contributed by atoms with Crippen molar-refractivity contribution in [1.29, 1.82) is 0 Å².